The Bertz CT molecular complexity index is 875. The van der Waals surface area contributed by atoms with E-state index in [0.717, 1.165) is 22.5 Å². The van der Waals surface area contributed by atoms with Crippen LogP contribution in [0.4, 0.5) is 4.79 Å². The maximum absolute atomic E-state index is 12.6. The number of rotatable bonds is 5. The van der Waals surface area contributed by atoms with Crippen LogP contribution in [0.2, 0.25) is 0 Å². The van der Waals surface area contributed by atoms with E-state index in [4.69, 9.17) is 0 Å². The van der Waals surface area contributed by atoms with Crippen molar-refractivity contribution in [2.75, 3.05) is 7.05 Å². The van der Waals surface area contributed by atoms with Gasteiger partial charge in [-0.1, -0.05) is 54.6 Å². The number of aromatic nitrogens is 3. The van der Waals surface area contributed by atoms with E-state index in [9.17, 15) is 4.79 Å². The van der Waals surface area contributed by atoms with Crippen LogP contribution >= 0.6 is 0 Å². The highest BCUT2D eigenvalue weighted by molar-refractivity contribution is 5.75. The molecule has 1 heterocycles. The lowest BCUT2D eigenvalue weighted by Gasteiger charge is -2.22. The number of aryl methyl sites for hydroxylation is 1. The molecule has 2 amide bonds. The molecule has 3 aromatic rings. The summed E-state index contributed by atoms with van der Waals surface area (Å²) in [6.45, 7) is 2.41. The molecule has 0 bridgehead atoms. The van der Waals surface area contributed by atoms with Gasteiger partial charge >= 0.3 is 6.03 Å². The highest BCUT2D eigenvalue weighted by atomic mass is 16.2. The van der Waals surface area contributed by atoms with Gasteiger partial charge in [-0.05, 0) is 23.6 Å². The lowest BCUT2D eigenvalue weighted by Crippen LogP contribution is -2.38. The third-order valence-corrected chi connectivity index (χ3v) is 4.33. The fraction of sp³-hybridized carbons (Fsp3) is 0.250. The van der Waals surface area contributed by atoms with Gasteiger partial charge in [0.2, 0.25) is 0 Å². The highest BCUT2D eigenvalue weighted by Gasteiger charge is 2.17. The van der Waals surface area contributed by atoms with Crippen LogP contribution in [0.1, 0.15) is 24.4 Å². The predicted molar refractivity (Wildman–Crippen MR) is 101 cm³/mol. The van der Waals surface area contributed by atoms with E-state index in [2.05, 4.69) is 39.8 Å². The zero-order valence-corrected chi connectivity index (χ0v) is 15.3. The molecule has 1 atom stereocenters. The Morgan fingerprint density at radius 2 is 1.85 bits per heavy atom. The summed E-state index contributed by atoms with van der Waals surface area (Å²) in [5.41, 5.74) is 3.38. The maximum atomic E-state index is 12.6. The predicted octanol–water partition coefficient (Wildman–Crippen LogP) is 3.38. The lowest BCUT2D eigenvalue weighted by molar-refractivity contribution is 0.203. The Morgan fingerprint density at radius 3 is 2.54 bits per heavy atom. The molecule has 0 saturated carbocycles. The van der Waals surface area contributed by atoms with E-state index >= 15 is 0 Å². The van der Waals surface area contributed by atoms with Gasteiger partial charge in [0.15, 0.2) is 5.82 Å². The van der Waals surface area contributed by atoms with Gasteiger partial charge in [-0.25, -0.2) is 4.79 Å². The smallest absolute Gasteiger partial charge is 0.318 e. The van der Waals surface area contributed by atoms with Gasteiger partial charge in [-0.3, -0.25) is 0 Å². The molecule has 3 rings (SSSR count). The summed E-state index contributed by atoms with van der Waals surface area (Å²) >= 11 is 0. The van der Waals surface area contributed by atoms with Gasteiger partial charge in [0.25, 0.3) is 0 Å². The van der Waals surface area contributed by atoms with Gasteiger partial charge in [0.1, 0.15) is 6.33 Å². The zero-order chi connectivity index (χ0) is 18.5. The number of urea groups is 1. The van der Waals surface area contributed by atoms with E-state index in [1.807, 2.05) is 44.3 Å². The van der Waals surface area contributed by atoms with Crippen LogP contribution in [0.5, 0.6) is 0 Å². The summed E-state index contributed by atoms with van der Waals surface area (Å²) in [6, 6.07) is 18.0. The van der Waals surface area contributed by atoms with Crippen LogP contribution in [-0.4, -0.2) is 32.7 Å². The molecule has 0 radical (unpaired) electrons. The van der Waals surface area contributed by atoms with Gasteiger partial charge in [0.05, 0.1) is 6.04 Å². The zero-order valence-electron chi connectivity index (χ0n) is 15.3. The molecular formula is C20H23N5O. The minimum Gasteiger partial charge on any atom is -0.328 e. The molecule has 6 nitrogen and oxygen atoms in total. The summed E-state index contributed by atoms with van der Waals surface area (Å²) in [4.78, 5) is 14.2. The van der Waals surface area contributed by atoms with Gasteiger partial charge in [0, 0.05) is 20.6 Å². The summed E-state index contributed by atoms with van der Waals surface area (Å²) in [5.74, 6) is 0.719. The average Bonchev–Trinajstić information content (AvgIpc) is 3.09. The largest absolute Gasteiger partial charge is 0.328 e. The van der Waals surface area contributed by atoms with E-state index in [1.165, 1.54) is 0 Å². The van der Waals surface area contributed by atoms with Crippen molar-refractivity contribution in [2.24, 2.45) is 7.05 Å². The van der Waals surface area contributed by atoms with Gasteiger partial charge < -0.3 is 14.8 Å². The Balaban J connectivity index is 1.71. The quantitative estimate of drug-likeness (QED) is 0.768. The average molecular weight is 349 g/mol. The van der Waals surface area contributed by atoms with E-state index in [0.29, 0.717) is 6.54 Å². The number of benzene rings is 2. The van der Waals surface area contributed by atoms with Crippen molar-refractivity contribution in [1.29, 1.82) is 0 Å². The third kappa shape index (κ3) is 3.91. The van der Waals surface area contributed by atoms with Crippen molar-refractivity contribution in [3.8, 4) is 11.1 Å². The molecule has 0 aliphatic heterocycles. The van der Waals surface area contributed by atoms with Crippen molar-refractivity contribution >= 4 is 6.03 Å². The van der Waals surface area contributed by atoms with Crippen LogP contribution in [-0.2, 0) is 13.6 Å². The van der Waals surface area contributed by atoms with Gasteiger partial charge in [-0.2, -0.15) is 0 Å². The lowest BCUT2D eigenvalue weighted by atomic mass is 9.99. The summed E-state index contributed by atoms with van der Waals surface area (Å²) < 4.78 is 1.80. The van der Waals surface area contributed by atoms with Crippen molar-refractivity contribution < 1.29 is 4.79 Å². The Morgan fingerprint density at radius 1 is 1.15 bits per heavy atom. The molecule has 1 aromatic heterocycles. The number of hydrogen-bond donors (Lipinski definition) is 1. The fourth-order valence-electron chi connectivity index (χ4n) is 2.93. The molecule has 0 spiro atoms. The number of amides is 2. The second-order valence-electron chi connectivity index (χ2n) is 6.35. The third-order valence-electron chi connectivity index (χ3n) is 4.33. The first kappa shape index (κ1) is 17.7. The first-order valence-electron chi connectivity index (χ1n) is 8.55. The summed E-state index contributed by atoms with van der Waals surface area (Å²) in [6.07, 6.45) is 1.62. The monoisotopic (exact) mass is 349 g/mol. The number of nitrogens with zero attached hydrogens (tertiary/aromatic N) is 4. The molecule has 0 fully saturated rings. The van der Waals surface area contributed by atoms with Crippen LogP contribution in [0.15, 0.2) is 60.9 Å². The topological polar surface area (TPSA) is 63.1 Å². The second kappa shape index (κ2) is 7.82. The normalized spacial score (nSPS) is 11.8. The minimum absolute atomic E-state index is 0.150. The standard InChI is InChI=1S/C20H23N5O/c1-15(19-23-21-14-25(19)3)22-20(26)24(2)13-17-11-7-8-12-18(17)16-9-5-4-6-10-16/h4-12,14-15H,13H2,1-3H3,(H,22,26)/t15-/m0/s1. The molecule has 1 N–H and O–H groups in total. The van der Waals surface area contributed by atoms with Crippen LogP contribution in [0.3, 0.4) is 0 Å². The van der Waals surface area contributed by atoms with Crippen molar-refractivity contribution in [1.82, 2.24) is 25.0 Å². The molecule has 0 unspecified atom stereocenters. The molecule has 0 aliphatic rings. The Kier molecular flexibility index (Phi) is 5.31. The summed E-state index contributed by atoms with van der Waals surface area (Å²) in [5, 5.41) is 10.9. The molecule has 0 aliphatic carbocycles. The molecular weight excluding hydrogens is 326 g/mol. The fourth-order valence-corrected chi connectivity index (χ4v) is 2.93. The van der Waals surface area contributed by atoms with Gasteiger partial charge in [-0.15, -0.1) is 10.2 Å². The van der Waals surface area contributed by atoms with Crippen molar-refractivity contribution in [3.05, 3.63) is 72.3 Å². The molecule has 0 saturated heterocycles. The maximum Gasteiger partial charge on any atom is 0.318 e. The molecule has 2 aromatic carbocycles. The number of hydrogen-bond acceptors (Lipinski definition) is 3. The highest BCUT2D eigenvalue weighted by Crippen LogP contribution is 2.24. The Hall–Kier alpha value is -3.15. The van der Waals surface area contributed by atoms with Crippen LogP contribution in [0, 0.1) is 0 Å². The summed E-state index contributed by atoms with van der Waals surface area (Å²) in [7, 11) is 3.65. The number of carbonyl (C=O) groups excluding carboxylic acids is 1. The van der Waals surface area contributed by atoms with Crippen LogP contribution < -0.4 is 5.32 Å². The van der Waals surface area contributed by atoms with E-state index < -0.39 is 0 Å². The minimum atomic E-state index is -0.221. The van der Waals surface area contributed by atoms with E-state index in [-0.39, 0.29) is 12.1 Å². The van der Waals surface area contributed by atoms with Crippen molar-refractivity contribution in [3.63, 3.8) is 0 Å². The Labute approximate surface area is 153 Å². The number of carbonyl (C=O) groups is 1. The molecule has 134 valence electrons. The first-order chi connectivity index (χ1) is 12.6. The number of nitrogens with one attached hydrogen (secondary N) is 1. The van der Waals surface area contributed by atoms with Crippen molar-refractivity contribution in [2.45, 2.75) is 19.5 Å². The first-order valence-corrected chi connectivity index (χ1v) is 8.55. The van der Waals surface area contributed by atoms with Crippen LogP contribution in [0.25, 0.3) is 11.1 Å². The molecule has 26 heavy (non-hydrogen) atoms. The second-order valence-corrected chi connectivity index (χ2v) is 6.35. The van der Waals surface area contributed by atoms with E-state index in [1.54, 1.807) is 22.8 Å². The molecule has 6 heteroatoms. The SMILES string of the molecule is C[C@H](NC(=O)N(C)Cc1ccccc1-c1ccccc1)c1nncn1C.